The predicted octanol–water partition coefficient (Wildman–Crippen LogP) is 2.77. The van der Waals surface area contributed by atoms with Crippen LogP contribution in [0.2, 0.25) is 0 Å². The number of aliphatic hydroxyl groups excluding tert-OH is 1. The van der Waals surface area contributed by atoms with Gasteiger partial charge < -0.3 is 20.6 Å². The lowest BCUT2D eigenvalue weighted by atomic mass is 10.1. The van der Waals surface area contributed by atoms with Crippen LogP contribution in [0.15, 0.2) is 73.7 Å². The van der Waals surface area contributed by atoms with Crippen LogP contribution in [-0.4, -0.2) is 74.8 Å². The number of aromatic nitrogens is 4. The molecule has 10 nitrogen and oxygen atoms in total. The van der Waals surface area contributed by atoms with Gasteiger partial charge in [-0.15, -0.1) is 0 Å². The van der Waals surface area contributed by atoms with Crippen molar-refractivity contribution >= 4 is 34.6 Å². The Bertz CT molecular complexity index is 1360. The van der Waals surface area contributed by atoms with Crippen molar-refractivity contribution in [1.82, 2.24) is 24.5 Å². The van der Waals surface area contributed by atoms with E-state index in [0.717, 1.165) is 49.5 Å². The summed E-state index contributed by atoms with van der Waals surface area (Å²) in [6.07, 6.45) is 4.59. The maximum Gasteiger partial charge on any atom is 0.247 e. The third-order valence-corrected chi connectivity index (χ3v) is 6.17. The molecule has 4 aromatic rings. The number of carbonyl (C=O) groups is 1. The SMILES string of the molecule is C=CC(=O)Nc1cccc(-c2cnn3cnc(Nc4ccc(N5CCN(CCO)CC5)cc4)nc23)c1. The number of nitrogens with one attached hydrogen (secondary N) is 2. The smallest absolute Gasteiger partial charge is 0.247 e. The number of nitrogens with zero attached hydrogens (tertiary/aromatic N) is 6. The largest absolute Gasteiger partial charge is 0.395 e. The molecule has 0 atom stereocenters. The Hall–Kier alpha value is -4.28. The van der Waals surface area contributed by atoms with Gasteiger partial charge in [0.05, 0.1) is 12.8 Å². The average molecular weight is 485 g/mol. The summed E-state index contributed by atoms with van der Waals surface area (Å²) in [4.78, 5) is 25.4. The Kier molecular flexibility index (Phi) is 6.87. The molecule has 0 aliphatic carbocycles. The second-order valence-corrected chi connectivity index (χ2v) is 8.50. The van der Waals surface area contributed by atoms with E-state index in [1.807, 2.05) is 36.4 Å². The van der Waals surface area contributed by atoms with Gasteiger partial charge in [-0.1, -0.05) is 18.7 Å². The molecule has 1 aliphatic heterocycles. The molecule has 36 heavy (non-hydrogen) atoms. The van der Waals surface area contributed by atoms with Gasteiger partial charge in [0.2, 0.25) is 11.9 Å². The van der Waals surface area contributed by atoms with Crippen molar-refractivity contribution in [1.29, 1.82) is 0 Å². The monoisotopic (exact) mass is 484 g/mol. The topological polar surface area (TPSA) is 111 Å². The van der Waals surface area contributed by atoms with Crippen molar-refractivity contribution in [2.75, 3.05) is 54.9 Å². The first-order chi connectivity index (χ1) is 17.6. The number of piperazine rings is 1. The first-order valence-electron chi connectivity index (χ1n) is 11.8. The van der Waals surface area contributed by atoms with Gasteiger partial charge in [0.1, 0.15) is 6.33 Å². The van der Waals surface area contributed by atoms with E-state index in [1.165, 1.54) is 11.8 Å². The molecule has 0 radical (unpaired) electrons. The summed E-state index contributed by atoms with van der Waals surface area (Å²) in [5.74, 6) is 0.196. The van der Waals surface area contributed by atoms with Gasteiger partial charge in [0.25, 0.3) is 0 Å². The second kappa shape index (κ2) is 10.5. The standard InChI is InChI=1S/C26H28N8O2/c1-2-24(36)29-21-5-3-4-19(16-21)23-17-28-34-18-27-26(31-25(23)34)30-20-6-8-22(9-7-20)33-12-10-32(11-13-33)14-15-35/h2-9,16-18,35H,1,10-15H2,(H,29,36)(H,30,31). The van der Waals surface area contributed by atoms with E-state index < -0.39 is 0 Å². The quantitative estimate of drug-likeness (QED) is 0.328. The maximum absolute atomic E-state index is 11.7. The lowest BCUT2D eigenvalue weighted by Gasteiger charge is -2.35. The fraction of sp³-hybridized carbons (Fsp3) is 0.231. The Morgan fingerprint density at radius 3 is 2.64 bits per heavy atom. The number of aliphatic hydroxyl groups is 1. The summed E-state index contributed by atoms with van der Waals surface area (Å²) in [5, 5.41) is 19.5. The third-order valence-electron chi connectivity index (χ3n) is 6.17. The van der Waals surface area contributed by atoms with Crippen LogP contribution in [-0.2, 0) is 4.79 Å². The zero-order valence-corrected chi connectivity index (χ0v) is 19.8. The first-order valence-corrected chi connectivity index (χ1v) is 11.8. The van der Waals surface area contributed by atoms with Crippen molar-refractivity contribution in [2.24, 2.45) is 0 Å². The summed E-state index contributed by atoms with van der Waals surface area (Å²) < 4.78 is 1.62. The van der Waals surface area contributed by atoms with Crippen molar-refractivity contribution in [3.05, 3.63) is 73.7 Å². The third kappa shape index (κ3) is 5.19. The molecule has 5 rings (SSSR count). The molecule has 1 fully saturated rings. The minimum absolute atomic E-state index is 0.204. The summed E-state index contributed by atoms with van der Waals surface area (Å²) in [7, 11) is 0. The molecule has 1 aliphatic rings. The van der Waals surface area contributed by atoms with Crippen LogP contribution in [0.1, 0.15) is 0 Å². The van der Waals surface area contributed by atoms with Gasteiger partial charge in [0.15, 0.2) is 5.65 Å². The highest BCUT2D eigenvalue weighted by Gasteiger charge is 2.17. The Labute approximate surface area is 208 Å². The van der Waals surface area contributed by atoms with E-state index in [0.29, 0.717) is 17.3 Å². The Morgan fingerprint density at radius 2 is 1.89 bits per heavy atom. The number of anilines is 4. The fourth-order valence-corrected chi connectivity index (χ4v) is 4.27. The van der Waals surface area contributed by atoms with E-state index in [2.05, 4.69) is 49.2 Å². The maximum atomic E-state index is 11.7. The fourth-order valence-electron chi connectivity index (χ4n) is 4.27. The van der Waals surface area contributed by atoms with Crippen molar-refractivity contribution in [3.63, 3.8) is 0 Å². The summed E-state index contributed by atoms with van der Waals surface area (Å²) >= 11 is 0. The molecule has 3 N–H and O–H groups in total. The molecule has 1 saturated heterocycles. The molecule has 0 unspecified atom stereocenters. The number of rotatable bonds is 8. The molecule has 2 aromatic heterocycles. The normalized spacial score (nSPS) is 14.1. The van der Waals surface area contributed by atoms with E-state index in [-0.39, 0.29) is 12.5 Å². The molecule has 184 valence electrons. The van der Waals surface area contributed by atoms with Gasteiger partial charge in [-0.05, 0) is 48.0 Å². The number of carbonyl (C=O) groups excluding carboxylic acids is 1. The van der Waals surface area contributed by atoms with Crippen LogP contribution < -0.4 is 15.5 Å². The van der Waals surface area contributed by atoms with Crippen LogP contribution >= 0.6 is 0 Å². The Balaban J connectivity index is 1.31. The molecule has 2 aromatic carbocycles. The van der Waals surface area contributed by atoms with Gasteiger partial charge in [-0.25, -0.2) is 9.50 Å². The average Bonchev–Trinajstić information content (AvgIpc) is 3.33. The molecular weight excluding hydrogens is 456 g/mol. The molecule has 3 heterocycles. The zero-order chi connectivity index (χ0) is 24.9. The van der Waals surface area contributed by atoms with E-state index >= 15 is 0 Å². The summed E-state index contributed by atoms with van der Waals surface area (Å²) in [6.45, 7) is 8.21. The number of fused-ring (bicyclic) bond motifs is 1. The molecule has 1 amide bonds. The summed E-state index contributed by atoms with van der Waals surface area (Å²) in [5.41, 5.74) is 5.07. The van der Waals surface area contributed by atoms with E-state index in [1.54, 1.807) is 17.0 Å². The van der Waals surface area contributed by atoms with E-state index in [9.17, 15) is 4.79 Å². The van der Waals surface area contributed by atoms with Gasteiger partial charge in [0, 0.05) is 55.3 Å². The molecular formula is C26H28N8O2. The lowest BCUT2D eigenvalue weighted by Crippen LogP contribution is -2.47. The van der Waals surface area contributed by atoms with Crippen LogP contribution in [0, 0.1) is 0 Å². The van der Waals surface area contributed by atoms with Gasteiger partial charge in [-0.2, -0.15) is 10.1 Å². The van der Waals surface area contributed by atoms with E-state index in [4.69, 9.17) is 10.1 Å². The predicted molar refractivity (Wildman–Crippen MR) is 141 cm³/mol. The number of amides is 1. The minimum atomic E-state index is -0.268. The van der Waals surface area contributed by atoms with Crippen LogP contribution in [0.3, 0.4) is 0 Å². The number of β-amino-alcohol motifs (C(OH)–C–C–N with tert-alkyl or cyclic N) is 1. The number of hydrogen-bond donors (Lipinski definition) is 3. The first kappa shape index (κ1) is 23.5. The number of benzene rings is 2. The van der Waals surface area contributed by atoms with Gasteiger partial charge >= 0.3 is 0 Å². The highest BCUT2D eigenvalue weighted by atomic mass is 16.3. The molecule has 10 heteroatoms. The van der Waals surface area contributed by atoms with Crippen molar-refractivity contribution in [3.8, 4) is 11.1 Å². The highest BCUT2D eigenvalue weighted by Crippen LogP contribution is 2.27. The van der Waals surface area contributed by atoms with Crippen LogP contribution in [0.25, 0.3) is 16.8 Å². The second-order valence-electron chi connectivity index (χ2n) is 8.50. The molecule has 0 bridgehead atoms. The lowest BCUT2D eigenvalue weighted by molar-refractivity contribution is -0.111. The van der Waals surface area contributed by atoms with Crippen LogP contribution in [0.4, 0.5) is 23.0 Å². The molecule has 0 spiro atoms. The highest BCUT2D eigenvalue weighted by molar-refractivity contribution is 5.99. The van der Waals surface area contributed by atoms with Crippen molar-refractivity contribution < 1.29 is 9.90 Å². The Morgan fingerprint density at radius 1 is 1.08 bits per heavy atom. The van der Waals surface area contributed by atoms with Gasteiger partial charge in [-0.3, -0.25) is 9.69 Å². The van der Waals surface area contributed by atoms with Crippen LogP contribution in [0.5, 0.6) is 0 Å². The van der Waals surface area contributed by atoms with Crippen molar-refractivity contribution in [2.45, 2.75) is 0 Å². The summed E-state index contributed by atoms with van der Waals surface area (Å²) in [6, 6.07) is 15.7. The zero-order valence-electron chi connectivity index (χ0n) is 19.8. The number of hydrogen-bond acceptors (Lipinski definition) is 8. The molecule has 0 saturated carbocycles. The minimum Gasteiger partial charge on any atom is -0.395 e.